The number of hydrogen-bond donors (Lipinski definition) is 1. The third-order valence-electron chi connectivity index (χ3n) is 4.37. The molecule has 0 spiro atoms. The van der Waals surface area contributed by atoms with Crippen LogP contribution in [-0.2, 0) is 4.79 Å². The molecule has 112 valence electrons. The van der Waals surface area contributed by atoms with Crippen LogP contribution in [0.3, 0.4) is 0 Å². The number of thioether (sulfide) groups is 1. The summed E-state index contributed by atoms with van der Waals surface area (Å²) in [4.78, 5) is 16.6. The van der Waals surface area contributed by atoms with E-state index in [9.17, 15) is 4.79 Å². The molecule has 1 atom stereocenters. The molecule has 1 aliphatic carbocycles. The maximum Gasteiger partial charge on any atom is 0.231 e. The zero-order valence-electron chi connectivity index (χ0n) is 12.0. The van der Waals surface area contributed by atoms with Crippen molar-refractivity contribution >= 4 is 34.9 Å². The first-order chi connectivity index (χ1) is 10.2. The second-order valence-electron chi connectivity index (χ2n) is 5.77. The first-order valence-electron chi connectivity index (χ1n) is 7.47. The molecule has 1 saturated carbocycles. The van der Waals surface area contributed by atoms with E-state index in [0.717, 1.165) is 18.6 Å². The van der Waals surface area contributed by atoms with Crippen molar-refractivity contribution in [3.8, 4) is 0 Å². The van der Waals surface area contributed by atoms with Crippen LogP contribution in [0.1, 0.15) is 37.2 Å². The highest BCUT2D eigenvalue weighted by molar-refractivity contribution is 7.99. The van der Waals surface area contributed by atoms with Crippen LogP contribution in [0.5, 0.6) is 0 Å². The molecule has 1 heterocycles. The SMILES string of the molecule is NC(=S)CN(C(=O)C1CSc2ccccc21)C1CCCC1. The molecule has 1 aromatic rings. The number of rotatable bonds is 4. The lowest BCUT2D eigenvalue weighted by Gasteiger charge is -2.31. The first kappa shape index (κ1) is 14.9. The summed E-state index contributed by atoms with van der Waals surface area (Å²) in [6.07, 6.45) is 4.55. The van der Waals surface area contributed by atoms with Crippen LogP contribution in [0.2, 0.25) is 0 Å². The highest BCUT2D eigenvalue weighted by Crippen LogP contribution is 2.41. The largest absolute Gasteiger partial charge is 0.392 e. The average molecular weight is 320 g/mol. The number of carbonyl (C=O) groups excluding carboxylic acids is 1. The Morgan fingerprint density at radius 3 is 2.76 bits per heavy atom. The Labute approximate surface area is 135 Å². The molecule has 1 aliphatic heterocycles. The first-order valence-corrected chi connectivity index (χ1v) is 8.86. The van der Waals surface area contributed by atoms with Gasteiger partial charge in [0.1, 0.15) is 0 Å². The molecule has 3 nitrogen and oxygen atoms in total. The summed E-state index contributed by atoms with van der Waals surface area (Å²) in [5.74, 6) is 0.993. The molecule has 0 bridgehead atoms. The summed E-state index contributed by atoms with van der Waals surface area (Å²) in [7, 11) is 0. The van der Waals surface area contributed by atoms with Gasteiger partial charge in [-0.15, -0.1) is 11.8 Å². The standard InChI is InChI=1S/C16H20N2OS2/c17-15(20)9-18(11-5-1-2-6-11)16(19)13-10-21-14-8-4-3-7-12(13)14/h3-4,7-8,11,13H,1-2,5-6,9-10H2,(H2,17,20). The Morgan fingerprint density at radius 1 is 1.33 bits per heavy atom. The van der Waals surface area contributed by atoms with Gasteiger partial charge in [-0.3, -0.25) is 4.79 Å². The fraction of sp³-hybridized carbons (Fsp3) is 0.500. The number of thiocarbonyl (C=S) groups is 1. The van der Waals surface area contributed by atoms with E-state index in [1.807, 2.05) is 17.0 Å². The zero-order valence-corrected chi connectivity index (χ0v) is 13.6. The van der Waals surface area contributed by atoms with E-state index < -0.39 is 0 Å². The molecule has 21 heavy (non-hydrogen) atoms. The molecule has 2 N–H and O–H groups in total. The number of fused-ring (bicyclic) bond motifs is 1. The zero-order chi connectivity index (χ0) is 14.8. The van der Waals surface area contributed by atoms with Gasteiger partial charge in [-0.1, -0.05) is 43.3 Å². The Hall–Kier alpha value is -1.07. The van der Waals surface area contributed by atoms with Gasteiger partial charge in [-0.25, -0.2) is 0 Å². The molecule has 0 saturated heterocycles. The predicted octanol–water partition coefficient (Wildman–Crippen LogP) is 2.93. The quantitative estimate of drug-likeness (QED) is 0.867. The summed E-state index contributed by atoms with van der Waals surface area (Å²) < 4.78 is 0. The van der Waals surface area contributed by atoms with Gasteiger partial charge in [-0.05, 0) is 24.5 Å². The topological polar surface area (TPSA) is 46.3 Å². The van der Waals surface area contributed by atoms with Crippen molar-refractivity contribution in [2.45, 2.75) is 42.5 Å². The highest BCUT2D eigenvalue weighted by Gasteiger charge is 2.35. The minimum absolute atomic E-state index is 0.0406. The van der Waals surface area contributed by atoms with Crippen molar-refractivity contribution in [3.63, 3.8) is 0 Å². The fourth-order valence-electron chi connectivity index (χ4n) is 3.34. The van der Waals surface area contributed by atoms with Crippen molar-refractivity contribution < 1.29 is 4.79 Å². The summed E-state index contributed by atoms with van der Waals surface area (Å²) in [5.41, 5.74) is 6.89. The Kier molecular flexibility index (Phi) is 4.50. The van der Waals surface area contributed by atoms with E-state index in [1.54, 1.807) is 11.8 Å². The number of nitrogens with zero attached hydrogens (tertiary/aromatic N) is 1. The second-order valence-corrected chi connectivity index (χ2v) is 7.36. The van der Waals surface area contributed by atoms with E-state index in [2.05, 4.69) is 12.1 Å². The van der Waals surface area contributed by atoms with Crippen molar-refractivity contribution in [1.29, 1.82) is 0 Å². The number of carbonyl (C=O) groups is 1. The van der Waals surface area contributed by atoms with E-state index in [-0.39, 0.29) is 11.8 Å². The van der Waals surface area contributed by atoms with Gasteiger partial charge >= 0.3 is 0 Å². The van der Waals surface area contributed by atoms with Crippen LogP contribution in [0.25, 0.3) is 0 Å². The maximum absolute atomic E-state index is 13.0. The van der Waals surface area contributed by atoms with Crippen molar-refractivity contribution in [2.75, 3.05) is 12.3 Å². The molecular formula is C16H20N2OS2. The summed E-state index contributed by atoms with van der Waals surface area (Å²) in [6.45, 7) is 0.419. The third kappa shape index (κ3) is 3.09. The molecule has 1 unspecified atom stereocenters. The highest BCUT2D eigenvalue weighted by atomic mass is 32.2. The number of amides is 1. The Bertz CT molecular complexity index is 555. The van der Waals surface area contributed by atoms with Crippen molar-refractivity contribution in [2.24, 2.45) is 5.73 Å². The lowest BCUT2D eigenvalue weighted by molar-refractivity contribution is -0.133. The number of hydrogen-bond acceptors (Lipinski definition) is 3. The lowest BCUT2D eigenvalue weighted by Crippen LogP contribution is -2.45. The molecule has 0 aromatic heterocycles. The molecule has 1 fully saturated rings. The van der Waals surface area contributed by atoms with Gasteiger partial charge in [0.05, 0.1) is 17.5 Å². The van der Waals surface area contributed by atoms with Gasteiger partial charge in [0, 0.05) is 16.7 Å². The van der Waals surface area contributed by atoms with Gasteiger partial charge < -0.3 is 10.6 Å². The lowest BCUT2D eigenvalue weighted by atomic mass is 9.98. The van der Waals surface area contributed by atoms with Gasteiger partial charge in [0.2, 0.25) is 5.91 Å². The molecule has 1 aromatic carbocycles. The average Bonchev–Trinajstić information content (AvgIpc) is 3.13. The summed E-state index contributed by atoms with van der Waals surface area (Å²) in [5, 5.41) is 0. The predicted molar refractivity (Wildman–Crippen MR) is 90.7 cm³/mol. The molecule has 1 amide bonds. The molecule has 5 heteroatoms. The Morgan fingerprint density at radius 2 is 2.05 bits per heavy atom. The monoisotopic (exact) mass is 320 g/mol. The normalized spacial score (nSPS) is 21.2. The molecule has 3 rings (SSSR count). The van der Waals surface area contributed by atoms with Crippen LogP contribution in [0.15, 0.2) is 29.2 Å². The molecule has 2 aliphatic rings. The Balaban J connectivity index is 1.82. The number of nitrogens with two attached hydrogens (primary N) is 1. The van der Waals surface area contributed by atoms with Crippen LogP contribution in [0.4, 0.5) is 0 Å². The van der Waals surface area contributed by atoms with Gasteiger partial charge in [0.25, 0.3) is 0 Å². The smallest absolute Gasteiger partial charge is 0.231 e. The minimum Gasteiger partial charge on any atom is -0.392 e. The molecule has 0 radical (unpaired) electrons. The van der Waals surface area contributed by atoms with Crippen molar-refractivity contribution in [3.05, 3.63) is 29.8 Å². The maximum atomic E-state index is 13.0. The molecular weight excluding hydrogens is 300 g/mol. The summed E-state index contributed by atoms with van der Waals surface area (Å²) in [6, 6.07) is 8.53. The van der Waals surface area contributed by atoms with E-state index in [1.165, 1.54) is 23.3 Å². The van der Waals surface area contributed by atoms with Crippen molar-refractivity contribution in [1.82, 2.24) is 4.90 Å². The van der Waals surface area contributed by atoms with E-state index in [0.29, 0.717) is 17.6 Å². The van der Waals surface area contributed by atoms with Crippen LogP contribution in [-0.4, -0.2) is 34.1 Å². The van der Waals surface area contributed by atoms with Gasteiger partial charge in [-0.2, -0.15) is 0 Å². The summed E-state index contributed by atoms with van der Waals surface area (Å²) >= 11 is 6.83. The van der Waals surface area contributed by atoms with E-state index >= 15 is 0 Å². The van der Waals surface area contributed by atoms with Crippen LogP contribution >= 0.6 is 24.0 Å². The third-order valence-corrected chi connectivity index (χ3v) is 5.68. The minimum atomic E-state index is -0.0406. The second kappa shape index (κ2) is 6.36. The van der Waals surface area contributed by atoms with E-state index in [4.69, 9.17) is 18.0 Å². The van der Waals surface area contributed by atoms with Crippen LogP contribution < -0.4 is 5.73 Å². The van der Waals surface area contributed by atoms with Gasteiger partial charge in [0.15, 0.2) is 0 Å². The fourth-order valence-corrected chi connectivity index (χ4v) is 4.70. The van der Waals surface area contributed by atoms with Crippen LogP contribution in [0, 0.1) is 0 Å². The number of benzene rings is 1.